The highest BCUT2D eigenvalue weighted by Gasteiger charge is 2.33. The number of benzene rings is 1. The van der Waals surface area contributed by atoms with Crippen LogP contribution in [0.2, 0.25) is 0 Å². The van der Waals surface area contributed by atoms with E-state index in [1.807, 2.05) is 0 Å². The van der Waals surface area contributed by atoms with Crippen LogP contribution in [-0.2, 0) is 12.7 Å². The first-order valence-corrected chi connectivity index (χ1v) is 6.84. The van der Waals surface area contributed by atoms with Gasteiger partial charge in [0.2, 0.25) is 0 Å². The molecule has 1 heterocycles. The zero-order valence-corrected chi connectivity index (χ0v) is 11.5. The molecule has 0 N–H and O–H groups in total. The van der Waals surface area contributed by atoms with Crippen molar-refractivity contribution in [3.63, 3.8) is 0 Å². The smallest absolute Gasteiger partial charge is 0.299 e. The maximum absolute atomic E-state index is 12.9. The van der Waals surface area contributed by atoms with Gasteiger partial charge in [0.15, 0.2) is 0 Å². The van der Waals surface area contributed by atoms with E-state index in [0.29, 0.717) is 16.6 Å². The fourth-order valence-corrected chi connectivity index (χ4v) is 2.67. The normalized spacial score (nSPS) is 18.0. The predicted octanol–water partition coefficient (Wildman–Crippen LogP) is 4.45. The van der Waals surface area contributed by atoms with Gasteiger partial charge >= 0.3 is 6.18 Å². The Morgan fingerprint density at radius 2 is 1.78 bits per heavy atom. The van der Waals surface area contributed by atoms with E-state index in [2.05, 4.69) is 20.8 Å². The number of rotatable bonds is 2. The molecule has 1 nitrogen and oxygen atoms in total. The van der Waals surface area contributed by atoms with Gasteiger partial charge in [-0.05, 0) is 43.6 Å². The largest absolute Gasteiger partial charge is 0.416 e. The third kappa shape index (κ3) is 3.48. The average molecular weight is 322 g/mol. The molecule has 2 rings (SSSR count). The summed E-state index contributed by atoms with van der Waals surface area (Å²) in [5.41, 5.74) is -0.157. The van der Waals surface area contributed by atoms with Crippen LogP contribution in [0.4, 0.5) is 13.2 Å². The van der Waals surface area contributed by atoms with Gasteiger partial charge in [0, 0.05) is 11.0 Å². The first-order valence-electron chi connectivity index (χ1n) is 6.05. The highest BCUT2D eigenvalue weighted by molar-refractivity contribution is 9.10. The van der Waals surface area contributed by atoms with Crippen LogP contribution in [0, 0.1) is 0 Å². The van der Waals surface area contributed by atoms with Crippen molar-refractivity contribution >= 4 is 15.9 Å². The van der Waals surface area contributed by atoms with Gasteiger partial charge in [-0.2, -0.15) is 13.2 Å². The second-order valence-corrected chi connectivity index (χ2v) is 5.55. The van der Waals surface area contributed by atoms with Gasteiger partial charge in [-0.1, -0.05) is 28.4 Å². The van der Waals surface area contributed by atoms with E-state index in [1.165, 1.54) is 12.5 Å². The van der Waals surface area contributed by atoms with Crippen LogP contribution in [-0.4, -0.2) is 18.0 Å². The van der Waals surface area contributed by atoms with Gasteiger partial charge in [-0.3, -0.25) is 4.90 Å². The van der Waals surface area contributed by atoms with E-state index >= 15 is 0 Å². The molecule has 0 unspecified atom stereocenters. The fourth-order valence-electron chi connectivity index (χ4n) is 2.31. The Morgan fingerprint density at radius 1 is 1.11 bits per heavy atom. The highest BCUT2D eigenvalue weighted by Crippen LogP contribution is 2.34. The summed E-state index contributed by atoms with van der Waals surface area (Å²) in [6, 6.07) is 4.41. The van der Waals surface area contributed by atoms with Gasteiger partial charge in [0.05, 0.1) is 5.56 Å². The molecule has 1 aromatic carbocycles. The van der Waals surface area contributed by atoms with Crippen molar-refractivity contribution in [2.24, 2.45) is 0 Å². The maximum Gasteiger partial charge on any atom is 0.416 e. The van der Waals surface area contributed by atoms with E-state index in [0.717, 1.165) is 25.9 Å². The molecule has 5 heteroatoms. The summed E-state index contributed by atoms with van der Waals surface area (Å²) >= 11 is 3.10. The maximum atomic E-state index is 12.9. The Morgan fingerprint density at radius 3 is 2.39 bits per heavy atom. The molecule has 0 aliphatic carbocycles. The van der Waals surface area contributed by atoms with Crippen molar-refractivity contribution in [2.75, 3.05) is 13.1 Å². The van der Waals surface area contributed by atoms with E-state index in [4.69, 9.17) is 0 Å². The predicted molar refractivity (Wildman–Crippen MR) is 68.3 cm³/mol. The highest BCUT2D eigenvalue weighted by atomic mass is 79.9. The van der Waals surface area contributed by atoms with Crippen LogP contribution < -0.4 is 0 Å². The van der Waals surface area contributed by atoms with Crippen LogP contribution >= 0.6 is 15.9 Å². The monoisotopic (exact) mass is 321 g/mol. The van der Waals surface area contributed by atoms with Crippen molar-refractivity contribution in [3.8, 4) is 0 Å². The summed E-state index contributed by atoms with van der Waals surface area (Å²) in [5, 5.41) is 0. The van der Waals surface area contributed by atoms with Crippen LogP contribution in [0.5, 0.6) is 0 Å². The Hall–Kier alpha value is -0.550. The average Bonchev–Trinajstić information content (AvgIpc) is 2.31. The van der Waals surface area contributed by atoms with Gasteiger partial charge in [0.25, 0.3) is 0 Å². The number of halogens is 4. The van der Waals surface area contributed by atoms with Crippen LogP contribution in [0.25, 0.3) is 0 Å². The fraction of sp³-hybridized carbons (Fsp3) is 0.538. The Labute approximate surface area is 113 Å². The molecule has 1 aliphatic heterocycles. The summed E-state index contributed by atoms with van der Waals surface area (Å²) in [6.45, 7) is 2.18. The molecule has 0 saturated carbocycles. The van der Waals surface area contributed by atoms with Crippen LogP contribution in [0.1, 0.15) is 30.4 Å². The molecule has 0 radical (unpaired) electrons. The molecule has 1 fully saturated rings. The summed E-state index contributed by atoms with van der Waals surface area (Å²) in [7, 11) is 0. The van der Waals surface area contributed by atoms with E-state index in [9.17, 15) is 13.2 Å². The molecule has 0 bridgehead atoms. The first-order chi connectivity index (χ1) is 8.47. The molecule has 0 aromatic heterocycles. The lowest BCUT2D eigenvalue weighted by Gasteiger charge is -2.27. The zero-order valence-electron chi connectivity index (χ0n) is 9.93. The molecule has 0 atom stereocenters. The summed E-state index contributed by atoms with van der Waals surface area (Å²) in [4.78, 5) is 2.10. The van der Waals surface area contributed by atoms with E-state index in [1.54, 1.807) is 12.1 Å². The topological polar surface area (TPSA) is 3.24 Å². The molecule has 1 aromatic rings. The van der Waals surface area contributed by atoms with Gasteiger partial charge in [-0.15, -0.1) is 0 Å². The number of likely N-dealkylation sites (tertiary alicyclic amines) is 1. The quantitative estimate of drug-likeness (QED) is 0.777. The second-order valence-electron chi connectivity index (χ2n) is 4.64. The Balaban J connectivity index is 2.21. The van der Waals surface area contributed by atoms with Crippen LogP contribution in [0.15, 0.2) is 22.7 Å². The number of piperidine rings is 1. The van der Waals surface area contributed by atoms with E-state index < -0.39 is 11.7 Å². The van der Waals surface area contributed by atoms with Crippen molar-refractivity contribution in [3.05, 3.63) is 33.8 Å². The zero-order chi connectivity index (χ0) is 13.2. The first kappa shape index (κ1) is 13.9. The lowest BCUT2D eigenvalue weighted by molar-refractivity contribution is -0.138. The third-order valence-electron chi connectivity index (χ3n) is 3.22. The molecule has 1 saturated heterocycles. The Bertz CT molecular complexity index is 411. The molecule has 0 amide bonds. The molecule has 0 spiro atoms. The Kier molecular flexibility index (Phi) is 4.33. The number of alkyl halides is 3. The molecule has 100 valence electrons. The molecule has 1 aliphatic rings. The minimum atomic E-state index is -4.28. The lowest BCUT2D eigenvalue weighted by atomic mass is 10.0. The summed E-state index contributed by atoms with van der Waals surface area (Å²) in [6.07, 6.45) is -0.937. The van der Waals surface area contributed by atoms with Crippen molar-refractivity contribution in [1.29, 1.82) is 0 Å². The summed E-state index contributed by atoms with van der Waals surface area (Å²) in [5.74, 6) is 0. The number of nitrogens with zero attached hydrogens (tertiary/aromatic N) is 1. The molecular weight excluding hydrogens is 307 g/mol. The molecular formula is C13H15BrF3N. The number of hydrogen-bond donors (Lipinski definition) is 0. The number of hydrogen-bond acceptors (Lipinski definition) is 1. The van der Waals surface area contributed by atoms with Gasteiger partial charge in [0.1, 0.15) is 0 Å². The van der Waals surface area contributed by atoms with Crippen molar-refractivity contribution in [1.82, 2.24) is 4.90 Å². The van der Waals surface area contributed by atoms with Crippen molar-refractivity contribution in [2.45, 2.75) is 32.0 Å². The summed E-state index contributed by atoms with van der Waals surface area (Å²) < 4.78 is 39.3. The standard InChI is InChI=1S/C13H15BrF3N/c14-11-5-4-10(12(8-11)13(15,16)17)9-18-6-2-1-3-7-18/h4-5,8H,1-3,6-7,9H2. The van der Waals surface area contributed by atoms with E-state index in [-0.39, 0.29) is 0 Å². The SMILES string of the molecule is FC(F)(F)c1cc(Br)ccc1CN1CCCCC1. The van der Waals surface area contributed by atoms with Gasteiger partial charge < -0.3 is 0 Å². The lowest BCUT2D eigenvalue weighted by Crippen LogP contribution is -2.30. The minimum absolute atomic E-state index is 0.368. The minimum Gasteiger partial charge on any atom is -0.299 e. The molecule has 18 heavy (non-hydrogen) atoms. The van der Waals surface area contributed by atoms with Gasteiger partial charge in [-0.25, -0.2) is 0 Å². The second kappa shape index (κ2) is 5.61. The van der Waals surface area contributed by atoms with Crippen molar-refractivity contribution < 1.29 is 13.2 Å². The third-order valence-corrected chi connectivity index (χ3v) is 3.71. The van der Waals surface area contributed by atoms with Crippen LogP contribution in [0.3, 0.4) is 0 Å².